The molecular formula is C15H14N4O4. The zero-order valence-corrected chi connectivity index (χ0v) is 12.0. The zero-order chi connectivity index (χ0) is 16.7. The van der Waals surface area contributed by atoms with Gasteiger partial charge in [0.2, 0.25) is 0 Å². The molecule has 0 aliphatic heterocycles. The molecule has 2 aromatic rings. The lowest BCUT2D eigenvalue weighted by molar-refractivity contribution is -0.136. The fourth-order valence-corrected chi connectivity index (χ4v) is 1.71. The summed E-state index contributed by atoms with van der Waals surface area (Å²) in [5.41, 5.74) is 1.21. The van der Waals surface area contributed by atoms with Crippen molar-refractivity contribution in [3.8, 4) is 0 Å². The second-order valence-corrected chi connectivity index (χ2v) is 4.56. The summed E-state index contributed by atoms with van der Waals surface area (Å²) in [6.45, 7) is 0.0562. The van der Waals surface area contributed by atoms with Crippen molar-refractivity contribution in [3.63, 3.8) is 0 Å². The first-order valence-electron chi connectivity index (χ1n) is 6.72. The molecule has 0 radical (unpaired) electrons. The van der Waals surface area contributed by atoms with Crippen LogP contribution < -0.4 is 10.6 Å². The lowest BCUT2D eigenvalue weighted by Gasteiger charge is -2.07. The molecule has 0 bridgehead atoms. The quantitative estimate of drug-likeness (QED) is 0.729. The van der Waals surface area contributed by atoms with Crippen LogP contribution in [0.2, 0.25) is 0 Å². The van der Waals surface area contributed by atoms with Crippen LogP contribution in [-0.4, -0.2) is 39.4 Å². The van der Waals surface area contributed by atoms with Crippen LogP contribution in [0, 0.1) is 0 Å². The van der Waals surface area contributed by atoms with E-state index in [0.29, 0.717) is 16.8 Å². The number of aromatic nitrogens is 2. The number of carboxylic acid groups (broad SMARTS) is 1. The second-order valence-electron chi connectivity index (χ2n) is 4.56. The van der Waals surface area contributed by atoms with Crippen LogP contribution in [0.15, 0.2) is 43.0 Å². The normalized spacial score (nSPS) is 9.91. The molecular weight excluding hydrogens is 300 g/mol. The Morgan fingerprint density at radius 1 is 0.957 bits per heavy atom. The highest BCUT2D eigenvalue weighted by Gasteiger charge is 2.08. The average molecular weight is 314 g/mol. The number of nitrogens with one attached hydrogen (secondary N) is 2. The summed E-state index contributed by atoms with van der Waals surface area (Å²) in [5.74, 6) is -1.71. The number of carboxylic acids is 1. The monoisotopic (exact) mass is 314 g/mol. The van der Waals surface area contributed by atoms with E-state index in [1.165, 1.54) is 30.9 Å². The predicted molar refractivity (Wildman–Crippen MR) is 81.0 cm³/mol. The van der Waals surface area contributed by atoms with E-state index in [2.05, 4.69) is 20.6 Å². The summed E-state index contributed by atoms with van der Waals surface area (Å²) in [7, 11) is 0. The van der Waals surface area contributed by atoms with Crippen LogP contribution in [0.5, 0.6) is 0 Å². The maximum absolute atomic E-state index is 11.9. The van der Waals surface area contributed by atoms with E-state index in [0.717, 1.165) is 0 Å². The molecule has 118 valence electrons. The highest BCUT2D eigenvalue weighted by atomic mass is 16.4. The third-order valence-electron chi connectivity index (χ3n) is 2.85. The smallest absolute Gasteiger partial charge is 0.305 e. The van der Waals surface area contributed by atoms with Crippen molar-refractivity contribution < 1.29 is 19.5 Å². The molecule has 2 rings (SSSR count). The third-order valence-corrected chi connectivity index (χ3v) is 2.85. The summed E-state index contributed by atoms with van der Waals surface area (Å²) < 4.78 is 0. The van der Waals surface area contributed by atoms with Gasteiger partial charge in [-0.25, -0.2) is 9.97 Å². The number of hydrogen-bond donors (Lipinski definition) is 3. The van der Waals surface area contributed by atoms with Gasteiger partial charge in [-0.2, -0.15) is 0 Å². The molecule has 1 aromatic heterocycles. The van der Waals surface area contributed by atoms with E-state index in [9.17, 15) is 14.4 Å². The molecule has 1 aromatic carbocycles. The van der Waals surface area contributed by atoms with E-state index in [1.807, 2.05) is 0 Å². The van der Waals surface area contributed by atoms with Gasteiger partial charge in [0.05, 0.1) is 12.0 Å². The Kier molecular flexibility index (Phi) is 5.35. The van der Waals surface area contributed by atoms with Crippen LogP contribution in [0.3, 0.4) is 0 Å². The molecule has 23 heavy (non-hydrogen) atoms. The molecule has 2 amide bonds. The lowest BCUT2D eigenvalue weighted by Crippen LogP contribution is -2.25. The van der Waals surface area contributed by atoms with Crippen LogP contribution in [-0.2, 0) is 4.79 Å². The fraction of sp³-hybridized carbons (Fsp3) is 0.133. The molecule has 0 aliphatic carbocycles. The van der Waals surface area contributed by atoms with Gasteiger partial charge in [0, 0.05) is 30.2 Å². The number of benzene rings is 1. The molecule has 0 unspecified atom stereocenters. The minimum absolute atomic E-state index is 0.0562. The van der Waals surface area contributed by atoms with E-state index in [1.54, 1.807) is 12.1 Å². The van der Waals surface area contributed by atoms with Gasteiger partial charge >= 0.3 is 5.97 Å². The van der Waals surface area contributed by atoms with Gasteiger partial charge in [-0.15, -0.1) is 0 Å². The van der Waals surface area contributed by atoms with Gasteiger partial charge in [-0.1, -0.05) is 0 Å². The van der Waals surface area contributed by atoms with E-state index < -0.39 is 5.97 Å². The van der Waals surface area contributed by atoms with Crippen LogP contribution in [0.1, 0.15) is 27.1 Å². The molecule has 0 aliphatic rings. The second kappa shape index (κ2) is 7.64. The van der Waals surface area contributed by atoms with Gasteiger partial charge in [-0.3, -0.25) is 14.4 Å². The zero-order valence-electron chi connectivity index (χ0n) is 12.0. The van der Waals surface area contributed by atoms with Gasteiger partial charge < -0.3 is 15.7 Å². The third kappa shape index (κ3) is 4.88. The van der Waals surface area contributed by atoms with Gasteiger partial charge in [0.15, 0.2) is 0 Å². The number of rotatable bonds is 6. The number of nitrogens with zero attached hydrogens (tertiary/aromatic N) is 2. The van der Waals surface area contributed by atoms with Crippen molar-refractivity contribution in [2.45, 2.75) is 6.42 Å². The molecule has 0 saturated carbocycles. The Bertz CT molecular complexity index is 701. The molecule has 1 heterocycles. The molecule has 0 fully saturated rings. The molecule has 0 spiro atoms. The summed E-state index contributed by atoms with van der Waals surface area (Å²) in [6, 6.07) is 6.22. The standard InChI is InChI=1S/C15H14N4O4/c20-13(21)5-6-18-14(22)10-1-3-12(4-2-10)19-15(23)11-7-16-9-17-8-11/h1-4,7-9H,5-6H2,(H,18,22)(H,19,23)(H,20,21). The summed E-state index contributed by atoms with van der Waals surface area (Å²) in [6.07, 6.45) is 3.98. The van der Waals surface area contributed by atoms with Gasteiger partial charge in [0.1, 0.15) is 6.33 Å². The Morgan fingerprint density at radius 2 is 1.61 bits per heavy atom. The lowest BCUT2D eigenvalue weighted by atomic mass is 10.2. The Balaban J connectivity index is 1.93. The van der Waals surface area contributed by atoms with E-state index in [4.69, 9.17) is 5.11 Å². The highest BCUT2D eigenvalue weighted by molar-refractivity contribution is 6.04. The number of anilines is 1. The molecule has 0 saturated heterocycles. The van der Waals surface area contributed by atoms with Crippen molar-refractivity contribution in [1.82, 2.24) is 15.3 Å². The minimum Gasteiger partial charge on any atom is -0.481 e. The SMILES string of the molecule is O=C(O)CCNC(=O)c1ccc(NC(=O)c2cncnc2)cc1. The topological polar surface area (TPSA) is 121 Å². The summed E-state index contributed by atoms with van der Waals surface area (Å²) in [4.78, 5) is 41.6. The molecule has 3 N–H and O–H groups in total. The number of carbonyl (C=O) groups is 3. The molecule has 8 heteroatoms. The number of hydrogen-bond acceptors (Lipinski definition) is 5. The van der Waals surface area contributed by atoms with Gasteiger partial charge in [0.25, 0.3) is 11.8 Å². The first-order valence-corrected chi connectivity index (χ1v) is 6.72. The predicted octanol–water partition coefficient (Wildman–Crippen LogP) is 0.933. The van der Waals surface area contributed by atoms with Crippen molar-refractivity contribution >= 4 is 23.5 Å². The Morgan fingerprint density at radius 3 is 2.22 bits per heavy atom. The average Bonchev–Trinajstić information content (AvgIpc) is 2.56. The fourth-order valence-electron chi connectivity index (χ4n) is 1.71. The molecule has 0 atom stereocenters. The van der Waals surface area contributed by atoms with Crippen LogP contribution >= 0.6 is 0 Å². The van der Waals surface area contributed by atoms with Crippen LogP contribution in [0.4, 0.5) is 5.69 Å². The Hall–Kier alpha value is -3.29. The maximum Gasteiger partial charge on any atom is 0.305 e. The van der Waals surface area contributed by atoms with E-state index in [-0.39, 0.29) is 24.8 Å². The first-order chi connectivity index (χ1) is 11.1. The van der Waals surface area contributed by atoms with Crippen molar-refractivity contribution in [3.05, 3.63) is 54.1 Å². The van der Waals surface area contributed by atoms with Crippen molar-refractivity contribution in [2.75, 3.05) is 11.9 Å². The summed E-state index contributed by atoms with van der Waals surface area (Å²) >= 11 is 0. The highest BCUT2D eigenvalue weighted by Crippen LogP contribution is 2.11. The van der Waals surface area contributed by atoms with Crippen molar-refractivity contribution in [1.29, 1.82) is 0 Å². The summed E-state index contributed by atoms with van der Waals surface area (Å²) in [5, 5.41) is 13.7. The van der Waals surface area contributed by atoms with Crippen molar-refractivity contribution in [2.24, 2.45) is 0 Å². The van der Waals surface area contributed by atoms with Crippen LogP contribution in [0.25, 0.3) is 0 Å². The Labute approximate surface area is 131 Å². The minimum atomic E-state index is -0.978. The maximum atomic E-state index is 11.9. The van der Waals surface area contributed by atoms with E-state index >= 15 is 0 Å². The first kappa shape index (κ1) is 16.1. The number of carbonyl (C=O) groups excluding carboxylic acids is 2. The van der Waals surface area contributed by atoms with Gasteiger partial charge in [-0.05, 0) is 24.3 Å². The number of aliphatic carboxylic acids is 1. The largest absolute Gasteiger partial charge is 0.481 e. The number of amides is 2. The molecule has 8 nitrogen and oxygen atoms in total.